The number of ketones is 1. The van der Waals surface area contributed by atoms with Crippen LogP contribution in [0.15, 0.2) is 24.3 Å². The summed E-state index contributed by atoms with van der Waals surface area (Å²) in [5.41, 5.74) is 3.37. The van der Waals surface area contributed by atoms with Gasteiger partial charge in [0.2, 0.25) is 0 Å². The van der Waals surface area contributed by atoms with E-state index in [0.29, 0.717) is 0 Å². The van der Waals surface area contributed by atoms with E-state index in [1.54, 1.807) is 6.92 Å². The lowest BCUT2D eigenvalue weighted by Gasteiger charge is -2.04. The van der Waals surface area contributed by atoms with Gasteiger partial charge in [0, 0.05) is 23.2 Å². The first-order valence-corrected chi connectivity index (χ1v) is 5.39. The van der Waals surface area contributed by atoms with Crippen molar-refractivity contribution in [2.24, 2.45) is 0 Å². The summed E-state index contributed by atoms with van der Waals surface area (Å²) in [6, 6.07) is 8.20. The Morgan fingerprint density at radius 1 is 1.40 bits per heavy atom. The zero-order valence-corrected chi connectivity index (χ0v) is 8.79. The number of hydrogen-bond donors (Lipinski definition) is 0. The predicted molar refractivity (Wildman–Crippen MR) is 60.3 cm³/mol. The molecule has 0 aliphatic carbocycles. The lowest BCUT2D eigenvalue weighted by Crippen LogP contribution is -1.99. The van der Waals surface area contributed by atoms with Crippen LogP contribution in [0.2, 0.25) is 0 Å². The van der Waals surface area contributed by atoms with Crippen molar-refractivity contribution in [3.05, 3.63) is 35.5 Å². The average Bonchev–Trinajstić information content (AvgIpc) is 2.75. The third-order valence-corrected chi connectivity index (χ3v) is 3.20. The molecule has 0 fully saturated rings. The van der Waals surface area contributed by atoms with Crippen LogP contribution in [-0.4, -0.2) is 10.4 Å². The molecule has 76 valence electrons. The Hall–Kier alpha value is -1.57. The highest BCUT2D eigenvalue weighted by atomic mass is 16.1. The molecule has 1 aromatic carbocycles. The molecule has 0 saturated heterocycles. The zero-order chi connectivity index (χ0) is 10.4. The van der Waals surface area contributed by atoms with Crippen LogP contribution < -0.4 is 0 Å². The maximum absolute atomic E-state index is 11.5. The van der Waals surface area contributed by atoms with Gasteiger partial charge < -0.3 is 4.57 Å². The van der Waals surface area contributed by atoms with Crippen molar-refractivity contribution in [3.8, 4) is 0 Å². The summed E-state index contributed by atoms with van der Waals surface area (Å²) in [5.74, 6) is 0.161. The third-order valence-electron chi connectivity index (χ3n) is 3.20. The smallest absolute Gasteiger partial charge is 0.161 e. The molecule has 0 spiro atoms. The zero-order valence-electron chi connectivity index (χ0n) is 8.79. The summed E-state index contributed by atoms with van der Waals surface area (Å²) in [6.07, 6.45) is 2.35. The summed E-state index contributed by atoms with van der Waals surface area (Å²) in [5, 5.41) is 1.21. The van der Waals surface area contributed by atoms with Gasteiger partial charge in [0.1, 0.15) is 0 Å². The van der Waals surface area contributed by atoms with Gasteiger partial charge >= 0.3 is 0 Å². The molecular weight excluding hydrogens is 186 g/mol. The topological polar surface area (TPSA) is 22.0 Å². The van der Waals surface area contributed by atoms with Crippen molar-refractivity contribution in [2.75, 3.05) is 0 Å². The first-order chi connectivity index (χ1) is 7.27. The number of benzene rings is 1. The van der Waals surface area contributed by atoms with E-state index in [9.17, 15) is 4.79 Å². The summed E-state index contributed by atoms with van der Waals surface area (Å²) < 4.78 is 2.30. The Bertz CT molecular complexity index is 551. The highest BCUT2D eigenvalue weighted by Crippen LogP contribution is 2.28. The number of rotatable bonds is 1. The van der Waals surface area contributed by atoms with Gasteiger partial charge in [-0.15, -0.1) is 0 Å². The second kappa shape index (κ2) is 2.96. The third kappa shape index (κ3) is 1.14. The fourth-order valence-electron chi connectivity index (χ4n) is 2.55. The van der Waals surface area contributed by atoms with Crippen LogP contribution >= 0.6 is 0 Å². The van der Waals surface area contributed by atoms with Crippen LogP contribution in [0.25, 0.3) is 10.9 Å². The van der Waals surface area contributed by atoms with Crippen LogP contribution in [0.5, 0.6) is 0 Å². The number of fused-ring (bicyclic) bond motifs is 3. The van der Waals surface area contributed by atoms with Gasteiger partial charge in [0.25, 0.3) is 0 Å². The molecule has 0 saturated carbocycles. The van der Waals surface area contributed by atoms with Gasteiger partial charge in [0.15, 0.2) is 5.78 Å². The number of para-hydroxylation sites is 1. The Morgan fingerprint density at radius 2 is 2.27 bits per heavy atom. The van der Waals surface area contributed by atoms with Crippen molar-refractivity contribution in [1.82, 2.24) is 4.57 Å². The van der Waals surface area contributed by atoms with Gasteiger partial charge in [0.05, 0.1) is 5.52 Å². The maximum Gasteiger partial charge on any atom is 0.161 e. The van der Waals surface area contributed by atoms with Gasteiger partial charge in [-0.1, -0.05) is 12.1 Å². The van der Waals surface area contributed by atoms with E-state index in [1.807, 2.05) is 12.1 Å². The largest absolute Gasteiger partial charge is 0.344 e. The van der Waals surface area contributed by atoms with Crippen LogP contribution in [0, 0.1) is 0 Å². The number of carbonyl (C=O) groups excluding carboxylic acids is 1. The quantitative estimate of drug-likeness (QED) is 0.647. The number of carbonyl (C=O) groups is 1. The fourth-order valence-corrected chi connectivity index (χ4v) is 2.55. The number of aromatic nitrogens is 1. The monoisotopic (exact) mass is 199 g/mol. The standard InChI is InChI=1S/C13H13NO/c1-9(15)12-6-2-4-10-8-11-5-3-7-14(11)13(10)12/h2,4,6,8H,3,5,7H2,1H3. The summed E-state index contributed by atoms with van der Waals surface area (Å²) >= 11 is 0. The Morgan fingerprint density at radius 3 is 3.07 bits per heavy atom. The molecule has 0 atom stereocenters. The van der Waals surface area contributed by atoms with Gasteiger partial charge in [-0.3, -0.25) is 4.79 Å². The molecule has 2 heteroatoms. The molecule has 0 radical (unpaired) electrons. The Labute approximate surface area is 88.5 Å². The van der Waals surface area contributed by atoms with Crippen LogP contribution in [0.1, 0.15) is 29.4 Å². The highest BCUT2D eigenvalue weighted by molar-refractivity contribution is 6.06. The van der Waals surface area contributed by atoms with Crippen molar-refractivity contribution >= 4 is 16.7 Å². The Kier molecular flexibility index (Phi) is 1.72. The molecule has 2 nitrogen and oxygen atoms in total. The van der Waals surface area contributed by atoms with Crippen molar-refractivity contribution in [1.29, 1.82) is 0 Å². The van der Waals surface area contributed by atoms with E-state index in [4.69, 9.17) is 0 Å². The SMILES string of the molecule is CC(=O)c1cccc2cc3n(c12)CCC3. The molecule has 0 unspecified atom stereocenters. The first-order valence-electron chi connectivity index (χ1n) is 5.39. The highest BCUT2D eigenvalue weighted by Gasteiger charge is 2.17. The van der Waals surface area contributed by atoms with Crippen molar-refractivity contribution < 1.29 is 4.79 Å². The van der Waals surface area contributed by atoms with E-state index in [0.717, 1.165) is 24.0 Å². The fraction of sp³-hybridized carbons (Fsp3) is 0.308. The second-order valence-corrected chi connectivity index (χ2v) is 4.19. The molecule has 1 aromatic heterocycles. The van der Waals surface area contributed by atoms with Gasteiger partial charge in [-0.25, -0.2) is 0 Å². The molecule has 0 N–H and O–H groups in total. The molecule has 3 rings (SSSR count). The molecule has 2 heterocycles. The lowest BCUT2D eigenvalue weighted by atomic mass is 10.1. The van der Waals surface area contributed by atoms with Crippen LogP contribution in [0.3, 0.4) is 0 Å². The molecule has 1 aliphatic rings. The van der Waals surface area contributed by atoms with Crippen LogP contribution in [-0.2, 0) is 13.0 Å². The molecule has 0 bridgehead atoms. The van der Waals surface area contributed by atoms with Crippen LogP contribution in [0.4, 0.5) is 0 Å². The minimum Gasteiger partial charge on any atom is -0.344 e. The van der Waals surface area contributed by atoms with E-state index < -0.39 is 0 Å². The second-order valence-electron chi connectivity index (χ2n) is 4.19. The summed E-state index contributed by atoms with van der Waals surface area (Å²) in [4.78, 5) is 11.5. The van der Waals surface area contributed by atoms with Gasteiger partial charge in [-0.2, -0.15) is 0 Å². The van der Waals surface area contributed by atoms with Crippen molar-refractivity contribution in [3.63, 3.8) is 0 Å². The Balaban J connectivity index is 2.41. The molecule has 1 aliphatic heterocycles. The number of nitrogens with zero attached hydrogens (tertiary/aromatic N) is 1. The van der Waals surface area contributed by atoms with E-state index >= 15 is 0 Å². The van der Waals surface area contributed by atoms with Crippen molar-refractivity contribution in [2.45, 2.75) is 26.3 Å². The van der Waals surface area contributed by atoms with E-state index in [2.05, 4.69) is 16.7 Å². The minimum absolute atomic E-state index is 0.161. The minimum atomic E-state index is 0.161. The molecular formula is C13H13NO. The van der Waals surface area contributed by atoms with Gasteiger partial charge in [-0.05, 0) is 31.9 Å². The number of hydrogen-bond acceptors (Lipinski definition) is 1. The number of Topliss-reactive ketones (excluding diaryl/α,β-unsaturated/α-hetero) is 1. The first kappa shape index (κ1) is 8.72. The lowest BCUT2D eigenvalue weighted by molar-refractivity contribution is 0.101. The summed E-state index contributed by atoms with van der Waals surface area (Å²) in [7, 11) is 0. The molecule has 15 heavy (non-hydrogen) atoms. The maximum atomic E-state index is 11.5. The summed E-state index contributed by atoms with van der Waals surface area (Å²) in [6.45, 7) is 2.70. The average molecular weight is 199 g/mol. The normalized spacial score (nSPS) is 14.5. The number of aryl methyl sites for hydroxylation is 2. The van der Waals surface area contributed by atoms with E-state index in [1.165, 1.54) is 17.5 Å². The van der Waals surface area contributed by atoms with E-state index in [-0.39, 0.29) is 5.78 Å². The molecule has 0 amide bonds. The predicted octanol–water partition coefficient (Wildman–Crippen LogP) is 2.79. The molecule has 2 aromatic rings.